The van der Waals surface area contributed by atoms with Gasteiger partial charge in [0.05, 0.1) is 0 Å². The zero-order chi connectivity index (χ0) is 32.8. The van der Waals surface area contributed by atoms with E-state index < -0.39 is 10.2 Å². The lowest BCUT2D eigenvalue weighted by Crippen LogP contribution is -2.68. The molecular weight excluding hydrogens is 614 g/mol. The molecule has 2 aliphatic heterocycles. The monoisotopic (exact) mass is 641 g/mol. The van der Waals surface area contributed by atoms with Crippen LogP contribution in [-0.2, 0) is 4.74 Å². The van der Waals surface area contributed by atoms with Crippen LogP contribution in [0.1, 0.15) is 27.9 Å². The van der Waals surface area contributed by atoms with Crippen molar-refractivity contribution < 1.29 is 43.0 Å². The zero-order valence-corrected chi connectivity index (χ0v) is 25.7. The first kappa shape index (κ1) is 31.4. The summed E-state index contributed by atoms with van der Waals surface area (Å²) in [6.45, 7) is 0. The Hall–Kier alpha value is -5.54. The number of pyridine rings is 1. The number of allylic oxidation sites excluding steroid dienone is 5. The third-order valence-electron chi connectivity index (χ3n) is 7.45. The number of aliphatic hydroxyl groups excluding tert-OH is 1. The van der Waals surface area contributed by atoms with Crippen LogP contribution in [0.4, 0.5) is 0 Å². The van der Waals surface area contributed by atoms with Crippen LogP contribution in [0.25, 0.3) is 28.9 Å². The lowest BCUT2D eigenvalue weighted by atomic mass is 9.96. The summed E-state index contributed by atoms with van der Waals surface area (Å²) in [5, 5.41) is 12.5. The fourth-order valence-electron chi connectivity index (χ4n) is 5.42. The molecule has 4 aromatic carbocycles. The lowest BCUT2D eigenvalue weighted by molar-refractivity contribution is -2.00. The number of hydrogen-bond acceptors (Lipinski definition) is 6. The standard InChI is InChI=1S/C39H27NO2.ClHO4/c41-39-34-25-28(23-24-40(34)38(33-19-11-4-12-20-33)37(39)32-17-9-3-10-18-32)21-22-29-26-35(30-13-5-1-6-14-30)42-36(27-29)31-15-7-2-8-16-31;2-1(3,4)5/h1-27H;(H,2,3,4,5). The maximum absolute atomic E-state index is 11.6. The number of halogens is 1. The highest BCUT2D eigenvalue weighted by molar-refractivity contribution is 5.93. The van der Waals surface area contributed by atoms with Crippen molar-refractivity contribution in [1.82, 2.24) is 0 Å². The predicted octanol–water partition coefficient (Wildman–Crippen LogP) is 2.91. The van der Waals surface area contributed by atoms with Crippen LogP contribution in [0.5, 0.6) is 0 Å². The summed E-state index contributed by atoms with van der Waals surface area (Å²) < 4.78 is 42.4. The Kier molecular flexibility index (Phi) is 9.26. The predicted molar refractivity (Wildman–Crippen MR) is 169 cm³/mol. The van der Waals surface area contributed by atoms with E-state index in [4.69, 9.17) is 23.4 Å². The van der Waals surface area contributed by atoms with E-state index in [1.807, 2.05) is 97.2 Å². The molecule has 0 aliphatic carbocycles. The molecule has 3 heterocycles. The van der Waals surface area contributed by atoms with Crippen LogP contribution in [0, 0.1) is 16.0 Å². The minimum absolute atomic E-state index is 0.270. The molecule has 7 nitrogen and oxygen atoms in total. The normalized spacial score (nSPS) is 14.4. The van der Waals surface area contributed by atoms with Crippen LogP contribution in [0.2, 0.25) is 0 Å². The summed E-state index contributed by atoms with van der Waals surface area (Å²) in [5.74, 6) is 1.87. The number of ether oxygens (including phenoxy) is 1. The Labute approximate surface area is 273 Å². The molecule has 0 radical (unpaired) electrons. The highest BCUT2D eigenvalue weighted by Crippen LogP contribution is 2.34. The van der Waals surface area contributed by atoms with E-state index in [0.29, 0.717) is 0 Å². The average Bonchev–Trinajstić information content (AvgIpc) is 3.39. The summed E-state index contributed by atoms with van der Waals surface area (Å²) in [7, 11) is -4.94. The molecule has 7 rings (SSSR count). The largest absolute Gasteiger partial charge is 0.502 e. The third kappa shape index (κ3) is 7.65. The van der Waals surface area contributed by atoms with Gasteiger partial charge in [0, 0.05) is 28.8 Å². The van der Waals surface area contributed by atoms with Crippen molar-refractivity contribution >= 4 is 28.9 Å². The summed E-state index contributed by atoms with van der Waals surface area (Å²) in [5.41, 5.74) is 7.63. The molecule has 0 saturated heterocycles. The molecule has 0 unspecified atom stereocenters. The van der Waals surface area contributed by atoms with Gasteiger partial charge in [0.1, 0.15) is 17.1 Å². The van der Waals surface area contributed by atoms with Crippen molar-refractivity contribution in [3.63, 3.8) is 0 Å². The van der Waals surface area contributed by atoms with Crippen LogP contribution in [0.3, 0.4) is 0 Å². The van der Waals surface area contributed by atoms with Gasteiger partial charge in [-0.1, -0.05) is 121 Å². The quantitative estimate of drug-likeness (QED) is 0.294. The first-order chi connectivity index (χ1) is 22.7. The molecule has 0 fully saturated rings. The second-order valence-electron chi connectivity index (χ2n) is 10.6. The van der Waals surface area contributed by atoms with E-state index >= 15 is 0 Å². The zero-order valence-electron chi connectivity index (χ0n) is 24.9. The van der Waals surface area contributed by atoms with E-state index in [9.17, 15) is 5.11 Å². The van der Waals surface area contributed by atoms with Crippen LogP contribution < -0.4 is 28.1 Å². The number of aromatic nitrogens is 1. The van der Waals surface area contributed by atoms with Crippen molar-refractivity contribution in [2.45, 2.75) is 0 Å². The van der Waals surface area contributed by atoms with E-state index in [0.717, 1.165) is 61.5 Å². The molecular formula is C39H28ClNO6. The van der Waals surface area contributed by atoms with Crippen molar-refractivity contribution in [2.24, 2.45) is 0 Å². The maximum atomic E-state index is 11.6. The summed E-state index contributed by atoms with van der Waals surface area (Å²) >= 11 is 0. The molecule has 0 atom stereocenters. The van der Waals surface area contributed by atoms with Gasteiger partial charge in [-0.25, -0.2) is 18.6 Å². The van der Waals surface area contributed by atoms with Gasteiger partial charge in [-0.15, -0.1) is 10.2 Å². The van der Waals surface area contributed by atoms with Gasteiger partial charge in [0.2, 0.25) is 11.5 Å². The van der Waals surface area contributed by atoms with E-state index in [-0.39, 0.29) is 5.76 Å². The Morgan fingerprint density at radius 3 is 1.51 bits per heavy atom. The first-order valence-electron chi connectivity index (χ1n) is 14.6. The van der Waals surface area contributed by atoms with Gasteiger partial charge in [-0.05, 0) is 40.6 Å². The second kappa shape index (κ2) is 13.8. The maximum Gasteiger partial charge on any atom is 0.254 e. The van der Waals surface area contributed by atoms with Gasteiger partial charge in [0.15, 0.2) is 6.20 Å². The van der Waals surface area contributed by atoms with Crippen LogP contribution in [0.15, 0.2) is 163 Å². The average molecular weight is 642 g/mol. The molecule has 232 valence electrons. The minimum atomic E-state index is -4.94. The van der Waals surface area contributed by atoms with Crippen molar-refractivity contribution in [3.8, 4) is 0 Å². The molecule has 0 bridgehead atoms. The molecule has 2 aliphatic rings. The Balaban J connectivity index is 0.000000720. The van der Waals surface area contributed by atoms with Gasteiger partial charge >= 0.3 is 0 Å². The number of fused-ring (bicyclic) bond motifs is 1. The smallest absolute Gasteiger partial charge is 0.254 e. The van der Waals surface area contributed by atoms with Crippen LogP contribution >= 0.6 is 0 Å². The van der Waals surface area contributed by atoms with Crippen molar-refractivity contribution in [2.75, 3.05) is 0 Å². The molecule has 8 heteroatoms. The minimum Gasteiger partial charge on any atom is -0.502 e. The van der Waals surface area contributed by atoms with Crippen molar-refractivity contribution in [1.29, 1.82) is 0 Å². The highest BCUT2D eigenvalue weighted by atomic mass is 35.7. The number of hydrogen-bond donors (Lipinski definition) is 1. The summed E-state index contributed by atoms with van der Waals surface area (Å²) in [6.07, 6.45) is 10.3. The third-order valence-corrected chi connectivity index (χ3v) is 7.45. The molecule has 0 amide bonds. The molecule has 0 spiro atoms. The summed E-state index contributed by atoms with van der Waals surface area (Å²) in [4.78, 5) is 0. The SMILES string of the molecule is OC1=C(c2ccccc2)C(c2ccccc2)=[n+]2ccc(=CC=C3C=C(c4ccccc4)OC(c4ccccc4)=C3)cc21.[O-][Cl+3]([O-])([O-])[O-]. The summed E-state index contributed by atoms with van der Waals surface area (Å²) in [6, 6.07) is 44.7. The van der Waals surface area contributed by atoms with Gasteiger partial charge < -0.3 is 9.84 Å². The fraction of sp³-hybridized carbons (Fsp3) is 0. The lowest BCUT2D eigenvalue weighted by Gasteiger charge is -2.18. The highest BCUT2D eigenvalue weighted by Gasteiger charge is 2.33. The van der Waals surface area contributed by atoms with E-state index in [1.165, 1.54) is 0 Å². The number of benzene rings is 4. The molecule has 5 aromatic rings. The molecule has 47 heavy (non-hydrogen) atoms. The Morgan fingerprint density at radius 1 is 0.574 bits per heavy atom. The molecule has 0 saturated carbocycles. The molecule has 1 N–H and O–H groups in total. The Morgan fingerprint density at radius 2 is 1.02 bits per heavy atom. The number of aliphatic hydroxyl groups is 1. The number of rotatable bonds is 5. The Bertz CT molecular complexity index is 2070. The van der Waals surface area contributed by atoms with E-state index in [1.54, 1.807) is 0 Å². The van der Waals surface area contributed by atoms with Crippen molar-refractivity contribution in [3.05, 3.63) is 202 Å². The molecule has 1 aromatic heterocycles. The second-order valence-corrected chi connectivity index (χ2v) is 11.3. The van der Waals surface area contributed by atoms with Gasteiger partial charge in [0.25, 0.3) is 5.69 Å². The first-order valence-corrected chi connectivity index (χ1v) is 15.8. The van der Waals surface area contributed by atoms with Crippen LogP contribution in [-0.4, -0.2) is 5.11 Å². The number of nitrogens with zero attached hydrogens (tertiary/aromatic N) is 1. The van der Waals surface area contributed by atoms with Gasteiger partial charge in [-0.3, -0.25) is 0 Å². The fourth-order valence-corrected chi connectivity index (χ4v) is 5.42. The van der Waals surface area contributed by atoms with Gasteiger partial charge in [-0.2, -0.15) is 4.24 Å². The topological polar surface area (TPSA) is 128 Å². The van der Waals surface area contributed by atoms with E-state index in [2.05, 4.69) is 71.0 Å².